The van der Waals surface area contributed by atoms with Crippen LogP contribution in [0.4, 0.5) is 0 Å². The molecule has 2 heteroatoms. The quantitative estimate of drug-likeness (QED) is 0.627. The second kappa shape index (κ2) is 3.35. The topological polar surface area (TPSA) is 29.5 Å². The Morgan fingerprint density at radius 3 is 2.60 bits per heavy atom. The van der Waals surface area contributed by atoms with E-state index in [4.69, 9.17) is 4.74 Å². The molecule has 1 aliphatic carbocycles. The van der Waals surface area contributed by atoms with Crippen molar-refractivity contribution in [1.29, 1.82) is 0 Å². The first-order chi connectivity index (χ1) is 4.74. The van der Waals surface area contributed by atoms with Crippen LogP contribution in [-0.2, 0) is 4.74 Å². The summed E-state index contributed by atoms with van der Waals surface area (Å²) in [6.07, 6.45) is 1.96. The van der Waals surface area contributed by atoms with Gasteiger partial charge in [-0.25, -0.2) is 0 Å². The molecule has 1 fully saturated rings. The van der Waals surface area contributed by atoms with Crippen LogP contribution in [0.1, 0.15) is 19.8 Å². The van der Waals surface area contributed by atoms with E-state index in [0.717, 1.165) is 19.4 Å². The van der Waals surface area contributed by atoms with Crippen LogP contribution in [0.2, 0.25) is 0 Å². The van der Waals surface area contributed by atoms with Crippen molar-refractivity contribution < 1.29 is 9.84 Å². The standard InChI is InChI=1S/C8H16O2/c1-6-3-7(5-10-2)4-8(6)9/h6-9H,3-5H2,1-2H3. The van der Waals surface area contributed by atoms with Crippen LogP contribution in [0.15, 0.2) is 0 Å². The van der Waals surface area contributed by atoms with Gasteiger partial charge in [-0.3, -0.25) is 0 Å². The number of hydrogen-bond donors (Lipinski definition) is 1. The summed E-state index contributed by atoms with van der Waals surface area (Å²) < 4.78 is 5.01. The van der Waals surface area contributed by atoms with Gasteiger partial charge in [-0.1, -0.05) is 6.92 Å². The molecule has 0 heterocycles. The maximum Gasteiger partial charge on any atom is 0.0569 e. The minimum Gasteiger partial charge on any atom is -0.393 e. The van der Waals surface area contributed by atoms with Crippen LogP contribution in [0.25, 0.3) is 0 Å². The summed E-state index contributed by atoms with van der Waals surface area (Å²) in [4.78, 5) is 0. The Balaban J connectivity index is 2.27. The summed E-state index contributed by atoms with van der Waals surface area (Å²) in [6.45, 7) is 2.90. The molecule has 1 saturated carbocycles. The first-order valence-corrected chi connectivity index (χ1v) is 3.91. The summed E-state index contributed by atoms with van der Waals surface area (Å²) in [6, 6.07) is 0. The van der Waals surface area contributed by atoms with E-state index in [1.165, 1.54) is 0 Å². The number of aliphatic hydroxyl groups is 1. The highest BCUT2D eigenvalue weighted by Crippen LogP contribution is 2.30. The highest BCUT2D eigenvalue weighted by Gasteiger charge is 2.29. The van der Waals surface area contributed by atoms with Gasteiger partial charge in [0.05, 0.1) is 6.10 Å². The fourth-order valence-corrected chi connectivity index (χ4v) is 1.72. The van der Waals surface area contributed by atoms with E-state index in [1.54, 1.807) is 7.11 Å². The van der Waals surface area contributed by atoms with Gasteiger partial charge < -0.3 is 9.84 Å². The maximum atomic E-state index is 9.34. The van der Waals surface area contributed by atoms with Gasteiger partial charge in [0.25, 0.3) is 0 Å². The summed E-state index contributed by atoms with van der Waals surface area (Å²) in [5.41, 5.74) is 0. The summed E-state index contributed by atoms with van der Waals surface area (Å²) >= 11 is 0. The van der Waals surface area contributed by atoms with Crippen LogP contribution in [0.5, 0.6) is 0 Å². The number of ether oxygens (including phenoxy) is 1. The molecule has 0 amide bonds. The Labute approximate surface area is 62.2 Å². The molecule has 0 saturated heterocycles. The summed E-state index contributed by atoms with van der Waals surface area (Å²) in [7, 11) is 1.72. The number of aliphatic hydroxyl groups excluding tert-OH is 1. The predicted molar refractivity (Wildman–Crippen MR) is 39.8 cm³/mol. The predicted octanol–water partition coefficient (Wildman–Crippen LogP) is 1.04. The molecule has 0 aliphatic heterocycles. The third-order valence-electron chi connectivity index (χ3n) is 2.34. The first-order valence-electron chi connectivity index (χ1n) is 3.91. The lowest BCUT2D eigenvalue weighted by Gasteiger charge is -2.05. The fourth-order valence-electron chi connectivity index (χ4n) is 1.72. The molecule has 0 bridgehead atoms. The van der Waals surface area contributed by atoms with Gasteiger partial charge in [0.1, 0.15) is 0 Å². The number of methoxy groups -OCH3 is 1. The lowest BCUT2D eigenvalue weighted by Crippen LogP contribution is -2.08. The normalized spacial score (nSPS) is 40.5. The zero-order chi connectivity index (χ0) is 7.56. The zero-order valence-electron chi connectivity index (χ0n) is 6.71. The number of rotatable bonds is 2. The molecular formula is C8H16O2. The molecule has 1 aliphatic rings. The molecule has 1 N–H and O–H groups in total. The van der Waals surface area contributed by atoms with Crippen LogP contribution in [0.3, 0.4) is 0 Å². The minimum absolute atomic E-state index is 0.0832. The average molecular weight is 144 g/mol. The molecule has 0 spiro atoms. The largest absolute Gasteiger partial charge is 0.393 e. The van der Waals surface area contributed by atoms with Crippen molar-refractivity contribution >= 4 is 0 Å². The van der Waals surface area contributed by atoms with Crippen molar-refractivity contribution in [3.05, 3.63) is 0 Å². The van der Waals surface area contributed by atoms with E-state index in [1.807, 2.05) is 0 Å². The highest BCUT2D eigenvalue weighted by molar-refractivity contribution is 4.79. The lowest BCUT2D eigenvalue weighted by atomic mass is 10.1. The smallest absolute Gasteiger partial charge is 0.0569 e. The van der Waals surface area contributed by atoms with Crippen LogP contribution >= 0.6 is 0 Å². The molecule has 60 valence electrons. The number of hydrogen-bond acceptors (Lipinski definition) is 2. The molecular weight excluding hydrogens is 128 g/mol. The van der Waals surface area contributed by atoms with Crippen LogP contribution < -0.4 is 0 Å². The molecule has 0 aromatic rings. The molecule has 3 atom stereocenters. The van der Waals surface area contributed by atoms with Gasteiger partial charge >= 0.3 is 0 Å². The second-order valence-corrected chi connectivity index (χ2v) is 3.34. The van der Waals surface area contributed by atoms with Crippen molar-refractivity contribution in [3.8, 4) is 0 Å². The molecule has 2 nitrogen and oxygen atoms in total. The van der Waals surface area contributed by atoms with Gasteiger partial charge in [-0.2, -0.15) is 0 Å². The summed E-state index contributed by atoms with van der Waals surface area (Å²) in [5, 5.41) is 9.34. The van der Waals surface area contributed by atoms with E-state index in [-0.39, 0.29) is 6.10 Å². The Morgan fingerprint density at radius 2 is 2.20 bits per heavy atom. The third-order valence-corrected chi connectivity index (χ3v) is 2.34. The molecule has 1 rings (SSSR count). The fraction of sp³-hybridized carbons (Fsp3) is 1.00. The van der Waals surface area contributed by atoms with Crippen molar-refractivity contribution in [2.24, 2.45) is 11.8 Å². The zero-order valence-corrected chi connectivity index (χ0v) is 6.71. The lowest BCUT2D eigenvalue weighted by molar-refractivity contribution is 0.125. The second-order valence-electron chi connectivity index (χ2n) is 3.34. The molecule has 10 heavy (non-hydrogen) atoms. The van der Waals surface area contributed by atoms with Gasteiger partial charge in [0, 0.05) is 13.7 Å². The van der Waals surface area contributed by atoms with Gasteiger partial charge in [0.15, 0.2) is 0 Å². The highest BCUT2D eigenvalue weighted by atomic mass is 16.5. The van der Waals surface area contributed by atoms with Gasteiger partial charge in [-0.15, -0.1) is 0 Å². The Morgan fingerprint density at radius 1 is 1.50 bits per heavy atom. The van der Waals surface area contributed by atoms with E-state index in [0.29, 0.717) is 11.8 Å². The molecule has 0 aromatic carbocycles. The maximum absolute atomic E-state index is 9.34. The molecule has 0 radical (unpaired) electrons. The average Bonchev–Trinajstić information content (AvgIpc) is 2.14. The summed E-state index contributed by atoms with van der Waals surface area (Å²) in [5.74, 6) is 1.06. The molecule has 0 aromatic heterocycles. The molecule has 3 unspecified atom stereocenters. The third kappa shape index (κ3) is 1.70. The van der Waals surface area contributed by atoms with Crippen molar-refractivity contribution in [3.63, 3.8) is 0 Å². The van der Waals surface area contributed by atoms with Crippen molar-refractivity contribution in [2.45, 2.75) is 25.9 Å². The van der Waals surface area contributed by atoms with Gasteiger partial charge in [0.2, 0.25) is 0 Å². The Bertz CT molecular complexity index is 93.4. The first kappa shape index (κ1) is 8.02. The monoisotopic (exact) mass is 144 g/mol. The van der Waals surface area contributed by atoms with Gasteiger partial charge in [-0.05, 0) is 24.7 Å². The Kier molecular flexibility index (Phi) is 2.69. The van der Waals surface area contributed by atoms with Crippen LogP contribution in [0, 0.1) is 11.8 Å². The van der Waals surface area contributed by atoms with E-state index in [2.05, 4.69) is 6.92 Å². The SMILES string of the molecule is COCC1CC(C)C(O)C1. The van der Waals surface area contributed by atoms with E-state index in [9.17, 15) is 5.11 Å². The van der Waals surface area contributed by atoms with E-state index < -0.39 is 0 Å². The Hall–Kier alpha value is -0.0800. The van der Waals surface area contributed by atoms with Crippen molar-refractivity contribution in [1.82, 2.24) is 0 Å². The van der Waals surface area contributed by atoms with Crippen LogP contribution in [-0.4, -0.2) is 24.9 Å². The van der Waals surface area contributed by atoms with E-state index >= 15 is 0 Å². The minimum atomic E-state index is -0.0832. The van der Waals surface area contributed by atoms with Crippen molar-refractivity contribution in [2.75, 3.05) is 13.7 Å².